The van der Waals surface area contributed by atoms with Crippen molar-refractivity contribution < 1.29 is 14.5 Å². The number of rotatable bonds is 6. The number of hydrogen-bond acceptors (Lipinski definition) is 6. The number of nitro benzene ring substituents is 1. The van der Waals surface area contributed by atoms with Crippen LogP contribution in [-0.4, -0.2) is 29.9 Å². The van der Waals surface area contributed by atoms with Crippen molar-refractivity contribution in [1.29, 1.82) is 0 Å². The number of hydrogen-bond donors (Lipinski definition) is 0. The van der Waals surface area contributed by atoms with Crippen molar-refractivity contribution in [3.05, 3.63) is 75.5 Å². The molecule has 0 spiro atoms. The van der Waals surface area contributed by atoms with Gasteiger partial charge in [0.25, 0.3) is 5.69 Å². The van der Waals surface area contributed by atoms with Gasteiger partial charge in [0, 0.05) is 36.5 Å². The van der Waals surface area contributed by atoms with Gasteiger partial charge < -0.3 is 9.64 Å². The molecule has 0 aromatic heterocycles. The molecule has 138 valence electrons. The number of carbonyl (C=O) groups excluding carboxylic acids is 1. The molecule has 0 unspecified atom stereocenters. The van der Waals surface area contributed by atoms with E-state index in [1.807, 2.05) is 24.3 Å². The van der Waals surface area contributed by atoms with Crippen molar-refractivity contribution in [2.24, 2.45) is 4.99 Å². The molecule has 0 atom stereocenters. The maximum atomic E-state index is 12.1. The molecule has 0 amide bonds. The van der Waals surface area contributed by atoms with Crippen LogP contribution in [-0.2, 0) is 9.53 Å². The molecule has 0 aliphatic carbocycles. The summed E-state index contributed by atoms with van der Waals surface area (Å²) in [6.45, 7) is 6.04. The second-order valence-electron chi connectivity index (χ2n) is 5.90. The Labute approximate surface area is 156 Å². The van der Waals surface area contributed by atoms with E-state index in [0.717, 1.165) is 24.3 Å². The average Bonchev–Trinajstić information content (AvgIpc) is 3.04. The fourth-order valence-electron chi connectivity index (χ4n) is 2.79. The standard InChI is InChI=1S/C20H19N3O4/c1-3-22(4-2)16-9-5-14(6-10-16)13-18-20(24)27-19(21-18)15-7-11-17(12-8-15)23(25)26/h5-13H,3-4H2,1-2H3. The highest BCUT2D eigenvalue weighted by Gasteiger charge is 2.24. The Kier molecular flexibility index (Phi) is 5.30. The molecule has 0 fully saturated rings. The van der Waals surface area contributed by atoms with Gasteiger partial charge in [-0.3, -0.25) is 10.1 Å². The Morgan fingerprint density at radius 3 is 2.26 bits per heavy atom. The number of aliphatic imine (C=N–C) groups is 1. The molecule has 0 radical (unpaired) electrons. The second-order valence-corrected chi connectivity index (χ2v) is 5.90. The molecule has 2 aromatic carbocycles. The zero-order valence-corrected chi connectivity index (χ0v) is 15.1. The number of carbonyl (C=O) groups is 1. The minimum absolute atomic E-state index is 0.0345. The van der Waals surface area contributed by atoms with Crippen LogP contribution in [0.15, 0.2) is 59.2 Å². The zero-order valence-electron chi connectivity index (χ0n) is 15.1. The number of cyclic esters (lactones) is 1. The van der Waals surface area contributed by atoms with Crippen molar-refractivity contribution in [3.63, 3.8) is 0 Å². The minimum atomic E-state index is -0.545. The van der Waals surface area contributed by atoms with E-state index in [2.05, 4.69) is 23.7 Å². The van der Waals surface area contributed by atoms with Crippen molar-refractivity contribution in [1.82, 2.24) is 0 Å². The summed E-state index contributed by atoms with van der Waals surface area (Å²) < 4.78 is 5.19. The zero-order chi connectivity index (χ0) is 19.4. The van der Waals surface area contributed by atoms with Crippen molar-refractivity contribution >= 4 is 29.3 Å². The molecular formula is C20H19N3O4. The van der Waals surface area contributed by atoms with E-state index in [9.17, 15) is 14.9 Å². The van der Waals surface area contributed by atoms with Crippen LogP contribution in [0.4, 0.5) is 11.4 Å². The Bertz CT molecular complexity index is 911. The maximum Gasteiger partial charge on any atom is 0.363 e. The third-order valence-electron chi connectivity index (χ3n) is 4.27. The normalized spacial score (nSPS) is 14.8. The molecule has 2 aromatic rings. The van der Waals surface area contributed by atoms with Crippen molar-refractivity contribution in [2.45, 2.75) is 13.8 Å². The predicted molar refractivity (Wildman–Crippen MR) is 104 cm³/mol. The molecule has 1 aliphatic heterocycles. The lowest BCUT2D eigenvalue weighted by molar-refractivity contribution is -0.384. The van der Waals surface area contributed by atoms with Gasteiger partial charge in [0.15, 0.2) is 5.70 Å². The van der Waals surface area contributed by atoms with Crippen LogP contribution in [0.2, 0.25) is 0 Å². The van der Waals surface area contributed by atoms with Gasteiger partial charge in [0.2, 0.25) is 5.90 Å². The van der Waals surface area contributed by atoms with E-state index in [1.165, 1.54) is 24.3 Å². The van der Waals surface area contributed by atoms with Gasteiger partial charge in [-0.2, -0.15) is 0 Å². The highest BCUT2D eigenvalue weighted by atomic mass is 16.6. The minimum Gasteiger partial charge on any atom is -0.402 e. The van der Waals surface area contributed by atoms with Gasteiger partial charge in [-0.25, -0.2) is 9.79 Å². The van der Waals surface area contributed by atoms with Crippen LogP contribution < -0.4 is 4.90 Å². The number of anilines is 1. The number of ether oxygens (including phenoxy) is 1. The van der Waals surface area contributed by atoms with Gasteiger partial charge in [-0.1, -0.05) is 12.1 Å². The van der Waals surface area contributed by atoms with Crippen molar-refractivity contribution in [2.75, 3.05) is 18.0 Å². The molecule has 0 saturated heterocycles. The smallest absolute Gasteiger partial charge is 0.363 e. The summed E-state index contributed by atoms with van der Waals surface area (Å²) in [7, 11) is 0. The van der Waals surface area contributed by atoms with Gasteiger partial charge in [0.1, 0.15) is 0 Å². The summed E-state index contributed by atoms with van der Waals surface area (Å²) in [6, 6.07) is 13.6. The van der Waals surface area contributed by atoms with E-state index in [1.54, 1.807) is 6.08 Å². The summed E-state index contributed by atoms with van der Waals surface area (Å²) in [5.41, 5.74) is 2.62. The Morgan fingerprint density at radius 1 is 1.07 bits per heavy atom. The third-order valence-corrected chi connectivity index (χ3v) is 4.27. The molecule has 1 aliphatic rings. The second kappa shape index (κ2) is 7.82. The fourth-order valence-corrected chi connectivity index (χ4v) is 2.79. The van der Waals surface area contributed by atoms with E-state index in [-0.39, 0.29) is 17.3 Å². The summed E-state index contributed by atoms with van der Waals surface area (Å²) >= 11 is 0. The highest BCUT2D eigenvalue weighted by Crippen LogP contribution is 2.22. The molecule has 0 bridgehead atoms. The number of nitro groups is 1. The van der Waals surface area contributed by atoms with Crippen LogP contribution >= 0.6 is 0 Å². The number of benzene rings is 2. The topological polar surface area (TPSA) is 85.0 Å². The SMILES string of the molecule is CCN(CC)c1ccc(C=C2N=C(c3ccc([N+](=O)[O-])cc3)OC2=O)cc1. The lowest BCUT2D eigenvalue weighted by Gasteiger charge is -2.20. The summed E-state index contributed by atoms with van der Waals surface area (Å²) in [4.78, 5) is 28.8. The molecule has 0 N–H and O–H groups in total. The monoisotopic (exact) mass is 365 g/mol. The predicted octanol–water partition coefficient (Wildman–Crippen LogP) is 3.79. The van der Waals surface area contributed by atoms with Gasteiger partial charge in [-0.05, 0) is 49.8 Å². The fraction of sp³-hybridized carbons (Fsp3) is 0.200. The van der Waals surface area contributed by atoms with E-state index in [0.29, 0.717) is 5.56 Å². The van der Waals surface area contributed by atoms with Crippen LogP contribution in [0.5, 0.6) is 0 Å². The van der Waals surface area contributed by atoms with Gasteiger partial charge >= 0.3 is 5.97 Å². The molecule has 0 saturated carbocycles. The number of esters is 1. The number of nitrogens with zero attached hydrogens (tertiary/aromatic N) is 3. The summed E-state index contributed by atoms with van der Waals surface area (Å²) in [6.07, 6.45) is 1.66. The lowest BCUT2D eigenvalue weighted by Crippen LogP contribution is -2.21. The van der Waals surface area contributed by atoms with Gasteiger partial charge in [-0.15, -0.1) is 0 Å². The first-order chi connectivity index (χ1) is 13.0. The van der Waals surface area contributed by atoms with Crippen LogP contribution in [0.3, 0.4) is 0 Å². The molecule has 7 nitrogen and oxygen atoms in total. The highest BCUT2D eigenvalue weighted by molar-refractivity contribution is 6.12. The van der Waals surface area contributed by atoms with Crippen LogP contribution in [0.1, 0.15) is 25.0 Å². The molecule has 3 rings (SSSR count). The van der Waals surface area contributed by atoms with Gasteiger partial charge in [0.05, 0.1) is 4.92 Å². The van der Waals surface area contributed by atoms with Crippen molar-refractivity contribution in [3.8, 4) is 0 Å². The Morgan fingerprint density at radius 2 is 1.70 bits per heavy atom. The van der Waals surface area contributed by atoms with Crippen LogP contribution in [0.25, 0.3) is 6.08 Å². The Hall–Kier alpha value is -3.48. The molecular weight excluding hydrogens is 346 g/mol. The molecule has 27 heavy (non-hydrogen) atoms. The molecule has 7 heteroatoms. The summed E-state index contributed by atoms with van der Waals surface area (Å²) in [5.74, 6) is -0.405. The van der Waals surface area contributed by atoms with E-state index in [4.69, 9.17) is 4.74 Å². The van der Waals surface area contributed by atoms with Crippen LogP contribution in [0, 0.1) is 10.1 Å². The molecule has 1 heterocycles. The maximum absolute atomic E-state index is 12.1. The first-order valence-electron chi connectivity index (χ1n) is 8.64. The largest absolute Gasteiger partial charge is 0.402 e. The van der Waals surface area contributed by atoms with E-state index >= 15 is 0 Å². The average molecular weight is 365 g/mol. The lowest BCUT2D eigenvalue weighted by atomic mass is 10.1. The quantitative estimate of drug-likeness (QED) is 0.336. The number of non-ortho nitro benzene ring substituents is 1. The van der Waals surface area contributed by atoms with E-state index < -0.39 is 10.9 Å². The Balaban J connectivity index is 1.82. The third kappa shape index (κ3) is 4.03. The first-order valence-corrected chi connectivity index (χ1v) is 8.64. The summed E-state index contributed by atoms with van der Waals surface area (Å²) in [5, 5.41) is 10.7. The first kappa shape index (κ1) is 18.3.